The van der Waals surface area contributed by atoms with Gasteiger partial charge in [-0.25, -0.2) is 0 Å². The lowest BCUT2D eigenvalue weighted by Gasteiger charge is -2.05. The van der Waals surface area contributed by atoms with Crippen LogP contribution in [0, 0.1) is 0 Å². The van der Waals surface area contributed by atoms with Gasteiger partial charge >= 0.3 is 5.97 Å². The molecule has 0 fully saturated rings. The first-order chi connectivity index (χ1) is 8.56. The minimum Gasteiger partial charge on any atom is -0.466 e. The quantitative estimate of drug-likeness (QED) is 0.589. The van der Waals surface area contributed by atoms with Gasteiger partial charge < -0.3 is 4.74 Å². The van der Waals surface area contributed by atoms with Crippen molar-refractivity contribution in [3.63, 3.8) is 0 Å². The van der Waals surface area contributed by atoms with E-state index < -0.39 is 0 Å². The molecule has 0 aliphatic rings. The summed E-state index contributed by atoms with van der Waals surface area (Å²) in [4.78, 5) is 23.0. The molecule has 3 nitrogen and oxygen atoms in total. The van der Waals surface area contributed by atoms with Crippen molar-refractivity contribution < 1.29 is 14.3 Å². The summed E-state index contributed by atoms with van der Waals surface area (Å²) in [5.41, 5.74) is 0.324. The standard InChI is InChI=1S/C13H14Cl2O3/c1-2-18-12(17)8-4-7-11(16)13-9(14)5-3-6-10(13)15/h3,5-6H,2,4,7-8H2,1H3. The molecule has 0 amide bonds. The third kappa shape index (κ3) is 4.31. The van der Waals surface area contributed by atoms with Gasteiger partial charge in [0.1, 0.15) is 0 Å². The highest BCUT2D eigenvalue weighted by molar-refractivity contribution is 6.39. The van der Waals surface area contributed by atoms with Gasteiger partial charge in [-0.2, -0.15) is 0 Å². The van der Waals surface area contributed by atoms with Crippen LogP contribution in [0.3, 0.4) is 0 Å². The second-order valence-electron chi connectivity index (χ2n) is 3.68. The van der Waals surface area contributed by atoms with E-state index in [2.05, 4.69) is 0 Å². The summed E-state index contributed by atoms with van der Waals surface area (Å²) < 4.78 is 4.77. The highest BCUT2D eigenvalue weighted by Gasteiger charge is 2.14. The van der Waals surface area contributed by atoms with Crippen LogP contribution in [-0.4, -0.2) is 18.4 Å². The van der Waals surface area contributed by atoms with Gasteiger partial charge in [0.15, 0.2) is 5.78 Å². The Morgan fingerprint density at radius 1 is 1.17 bits per heavy atom. The average molecular weight is 289 g/mol. The van der Waals surface area contributed by atoms with Crippen LogP contribution in [0.1, 0.15) is 36.5 Å². The molecule has 1 rings (SSSR count). The van der Waals surface area contributed by atoms with Crippen LogP contribution in [0.4, 0.5) is 0 Å². The van der Waals surface area contributed by atoms with E-state index in [1.165, 1.54) is 0 Å². The first-order valence-electron chi connectivity index (χ1n) is 5.69. The second kappa shape index (κ2) is 7.39. The van der Waals surface area contributed by atoms with Gasteiger partial charge in [-0.3, -0.25) is 9.59 Å². The Bertz CT molecular complexity index is 424. The topological polar surface area (TPSA) is 43.4 Å². The first-order valence-corrected chi connectivity index (χ1v) is 6.44. The zero-order valence-corrected chi connectivity index (χ0v) is 11.6. The summed E-state index contributed by atoms with van der Waals surface area (Å²) >= 11 is 11.8. The number of benzene rings is 1. The molecular formula is C13H14Cl2O3. The number of Topliss-reactive ketones (excluding diaryl/α,β-unsaturated/α-hetero) is 1. The van der Waals surface area contributed by atoms with Crippen LogP contribution in [0.5, 0.6) is 0 Å². The number of hydrogen-bond donors (Lipinski definition) is 0. The summed E-state index contributed by atoms with van der Waals surface area (Å²) in [6.45, 7) is 2.09. The molecule has 0 aliphatic carbocycles. The van der Waals surface area contributed by atoms with E-state index in [-0.39, 0.29) is 24.6 Å². The molecule has 0 atom stereocenters. The smallest absolute Gasteiger partial charge is 0.305 e. The lowest BCUT2D eigenvalue weighted by atomic mass is 10.1. The number of esters is 1. The normalized spacial score (nSPS) is 10.2. The van der Waals surface area contributed by atoms with Crippen molar-refractivity contribution in [2.24, 2.45) is 0 Å². The summed E-state index contributed by atoms with van der Waals surface area (Å²) in [6.07, 6.45) is 0.878. The van der Waals surface area contributed by atoms with Gasteiger partial charge in [-0.05, 0) is 25.5 Å². The van der Waals surface area contributed by atoms with Crippen molar-refractivity contribution in [1.82, 2.24) is 0 Å². The van der Waals surface area contributed by atoms with Gasteiger partial charge in [0, 0.05) is 12.8 Å². The van der Waals surface area contributed by atoms with Crippen molar-refractivity contribution in [2.45, 2.75) is 26.2 Å². The number of carbonyl (C=O) groups is 2. The lowest BCUT2D eigenvalue weighted by Crippen LogP contribution is -2.06. The minimum atomic E-state index is -0.296. The van der Waals surface area contributed by atoms with Gasteiger partial charge in [-0.1, -0.05) is 29.3 Å². The predicted molar refractivity (Wildman–Crippen MR) is 71.3 cm³/mol. The molecule has 0 saturated heterocycles. The third-order valence-electron chi connectivity index (χ3n) is 2.33. The Kier molecular flexibility index (Phi) is 6.16. The molecule has 1 aromatic rings. The number of carbonyl (C=O) groups excluding carboxylic acids is 2. The monoisotopic (exact) mass is 288 g/mol. The van der Waals surface area contributed by atoms with E-state index in [9.17, 15) is 9.59 Å². The van der Waals surface area contributed by atoms with Gasteiger partial charge in [0.2, 0.25) is 0 Å². The molecule has 98 valence electrons. The first kappa shape index (κ1) is 15.0. The van der Waals surface area contributed by atoms with E-state index in [1.807, 2.05) is 0 Å². The fraction of sp³-hybridized carbons (Fsp3) is 0.385. The minimum absolute atomic E-state index is 0.158. The molecule has 1 aromatic carbocycles. The second-order valence-corrected chi connectivity index (χ2v) is 4.49. The maximum absolute atomic E-state index is 11.9. The van der Waals surface area contributed by atoms with E-state index >= 15 is 0 Å². The Hall–Kier alpha value is -1.06. The number of ether oxygens (including phenoxy) is 1. The Labute approximate surface area is 116 Å². The van der Waals surface area contributed by atoms with Crippen molar-refractivity contribution in [3.05, 3.63) is 33.8 Å². The average Bonchev–Trinajstić information content (AvgIpc) is 2.29. The summed E-state index contributed by atoms with van der Waals surface area (Å²) in [5, 5.41) is 0.673. The van der Waals surface area contributed by atoms with E-state index in [4.69, 9.17) is 27.9 Å². The van der Waals surface area contributed by atoms with Crippen LogP contribution in [0.2, 0.25) is 10.0 Å². The van der Waals surface area contributed by atoms with Crippen molar-refractivity contribution in [2.75, 3.05) is 6.61 Å². The molecule has 0 saturated carbocycles. The van der Waals surface area contributed by atoms with Crippen LogP contribution >= 0.6 is 23.2 Å². The van der Waals surface area contributed by atoms with Crippen molar-refractivity contribution >= 4 is 35.0 Å². The van der Waals surface area contributed by atoms with E-state index in [0.717, 1.165) is 0 Å². The van der Waals surface area contributed by atoms with Gasteiger partial charge in [-0.15, -0.1) is 0 Å². The molecule has 0 unspecified atom stereocenters. The predicted octanol–water partition coefficient (Wildman–Crippen LogP) is 3.91. The van der Waals surface area contributed by atoms with Crippen LogP contribution in [0.25, 0.3) is 0 Å². The fourth-order valence-corrected chi connectivity index (χ4v) is 2.12. The zero-order chi connectivity index (χ0) is 13.5. The molecule has 0 bridgehead atoms. The van der Waals surface area contributed by atoms with Gasteiger partial charge in [0.25, 0.3) is 0 Å². The number of rotatable bonds is 6. The van der Waals surface area contributed by atoms with E-state index in [0.29, 0.717) is 28.6 Å². The number of ketones is 1. The lowest BCUT2D eigenvalue weighted by molar-refractivity contribution is -0.143. The zero-order valence-electron chi connectivity index (χ0n) is 10.0. The summed E-state index contributed by atoms with van der Waals surface area (Å²) in [6, 6.07) is 4.91. The largest absolute Gasteiger partial charge is 0.466 e. The molecule has 0 spiro atoms. The van der Waals surface area contributed by atoms with Gasteiger partial charge in [0.05, 0.1) is 22.2 Å². The van der Waals surface area contributed by atoms with Crippen molar-refractivity contribution in [1.29, 1.82) is 0 Å². The SMILES string of the molecule is CCOC(=O)CCCC(=O)c1c(Cl)cccc1Cl. The van der Waals surface area contributed by atoms with Crippen LogP contribution in [-0.2, 0) is 9.53 Å². The molecule has 5 heteroatoms. The molecule has 0 aromatic heterocycles. The molecule has 18 heavy (non-hydrogen) atoms. The Balaban J connectivity index is 2.53. The highest BCUT2D eigenvalue weighted by atomic mass is 35.5. The molecule has 0 radical (unpaired) electrons. The number of halogens is 2. The third-order valence-corrected chi connectivity index (χ3v) is 2.96. The van der Waals surface area contributed by atoms with Crippen molar-refractivity contribution in [3.8, 4) is 0 Å². The fourth-order valence-electron chi connectivity index (χ4n) is 1.52. The van der Waals surface area contributed by atoms with E-state index in [1.54, 1.807) is 25.1 Å². The molecule has 0 N–H and O–H groups in total. The summed E-state index contributed by atoms with van der Waals surface area (Å²) in [5.74, 6) is -0.453. The summed E-state index contributed by atoms with van der Waals surface area (Å²) in [7, 11) is 0. The Morgan fingerprint density at radius 2 is 1.78 bits per heavy atom. The van der Waals surface area contributed by atoms with Crippen LogP contribution < -0.4 is 0 Å². The van der Waals surface area contributed by atoms with Crippen LogP contribution in [0.15, 0.2) is 18.2 Å². The highest BCUT2D eigenvalue weighted by Crippen LogP contribution is 2.26. The number of hydrogen-bond acceptors (Lipinski definition) is 3. The maximum Gasteiger partial charge on any atom is 0.305 e. The molecule has 0 heterocycles. The molecule has 0 aliphatic heterocycles. The maximum atomic E-state index is 11.9. The Morgan fingerprint density at radius 3 is 2.33 bits per heavy atom. The molecular weight excluding hydrogens is 275 g/mol.